The molecule has 4 aromatic carbocycles. The second-order valence-electron chi connectivity index (χ2n) is 9.43. The van der Waals surface area contributed by atoms with Crippen LogP contribution in [0.1, 0.15) is 29.5 Å². The lowest BCUT2D eigenvalue weighted by Gasteiger charge is -2.26. The van der Waals surface area contributed by atoms with E-state index in [1.165, 1.54) is 0 Å². The minimum Gasteiger partial charge on any atom is -0.508 e. The van der Waals surface area contributed by atoms with Crippen molar-refractivity contribution in [3.63, 3.8) is 0 Å². The van der Waals surface area contributed by atoms with Gasteiger partial charge in [-0.15, -0.1) is 12.4 Å². The predicted molar refractivity (Wildman–Crippen MR) is 160 cm³/mol. The second kappa shape index (κ2) is 13.1. The topological polar surface area (TPSA) is 82.2 Å². The number of fused-ring (bicyclic) bond motifs is 1. The first-order valence-corrected chi connectivity index (χ1v) is 13.0. The van der Waals surface area contributed by atoms with E-state index >= 15 is 0 Å². The molecule has 0 saturated heterocycles. The molecule has 0 spiro atoms. The molecule has 0 aromatic heterocycles. The van der Waals surface area contributed by atoms with Crippen LogP contribution in [0.5, 0.6) is 5.75 Å². The molecule has 0 atom stereocenters. The average molecular weight is 541 g/mol. The average Bonchev–Trinajstić information content (AvgIpc) is 3.07. The molecule has 0 saturated carbocycles. The molecule has 200 valence electrons. The number of hydrazone groups is 1. The molecule has 5 rings (SSSR count). The van der Waals surface area contributed by atoms with E-state index in [9.17, 15) is 9.90 Å². The van der Waals surface area contributed by atoms with Gasteiger partial charge in [0.15, 0.2) is 0 Å². The SMILES string of the molecule is Cl.NCCCN1N=C(CCc2ccc(O)cc2)c2ccccc2N(Cc2ccc(-c3ccccc3)cc2)C1=O. The Labute approximate surface area is 235 Å². The van der Waals surface area contributed by atoms with Crippen LogP contribution in [0, 0.1) is 0 Å². The Morgan fingerprint density at radius 3 is 2.10 bits per heavy atom. The van der Waals surface area contributed by atoms with Crippen molar-refractivity contribution in [2.45, 2.75) is 25.8 Å². The van der Waals surface area contributed by atoms with Gasteiger partial charge in [0.05, 0.1) is 17.9 Å². The van der Waals surface area contributed by atoms with Crippen LogP contribution < -0.4 is 10.6 Å². The van der Waals surface area contributed by atoms with Gasteiger partial charge in [0.1, 0.15) is 5.75 Å². The zero-order valence-electron chi connectivity index (χ0n) is 21.7. The van der Waals surface area contributed by atoms with Crippen LogP contribution in [0.3, 0.4) is 0 Å². The highest BCUT2D eigenvalue weighted by molar-refractivity contribution is 6.10. The molecule has 0 unspecified atom stereocenters. The zero-order chi connectivity index (χ0) is 26.3. The Bertz CT molecular complexity index is 1410. The number of hydrogen-bond donors (Lipinski definition) is 2. The van der Waals surface area contributed by atoms with Crippen LogP contribution in [0.25, 0.3) is 11.1 Å². The van der Waals surface area contributed by atoms with Gasteiger partial charge in [-0.3, -0.25) is 4.90 Å². The number of hydrogen-bond acceptors (Lipinski definition) is 4. The van der Waals surface area contributed by atoms with E-state index in [4.69, 9.17) is 10.8 Å². The minimum atomic E-state index is -0.155. The number of phenolic OH excluding ortho intramolecular Hbond substituents is 1. The number of carbonyl (C=O) groups is 1. The molecule has 1 aliphatic heterocycles. The Kier molecular flexibility index (Phi) is 9.36. The molecule has 1 aliphatic rings. The monoisotopic (exact) mass is 540 g/mol. The van der Waals surface area contributed by atoms with Gasteiger partial charge < -0.3 is 10.8 Å². The molecule has 2 amide bonds. The Morgan fingerprint density at radius 1 is 0.744 bits per heavy atom. The number of anilines is 1. The lowest BCUT2D eigenvalue weighted by atomic mass is 9.99. The molecule has 0 radical (unpaired) electrons. The number of aromatic hydroxyl groups is 1. The third-order valence-corrected chi connectivity index (χ3v) is 6.76. The van der Waals surface area contributed by atoms with Gasteiger partial charge in [0.2, 0.25) is 0 Å². The fourth-order valence-electron chi connectivity index (χ4n) is 4.70. The molecule has 4 aromatic rings. The summed E-state index contributed by atoms with van der Waals surface area (Å²) < 4.78 is 0. The quantitative estimate of drug-likeness (QED) is 0.250. The summed E-state index contributed by atoms with van der Waals surface area (Å²) in [6.07, 6.45) is 2.07. The molecule has 39 heavy (non-hydrogen) atoms. The highest BCUT2D eigenvalue weighted by Crippen LogP contribution is 2.30. The minimum absolute atomic E-state index is 0. The van der Waals surface area contributed by atoms with Gasteiger partial charge in [-0.2, -0.15) is 5.10 Å². The van der Waals surface area contributed by atoms with Crippen molar-refractivity contribution < 1.29 is 9.90 Å². The van der Waals surface area contributed by atoms with E-state index in [2.05, 4.69) is 36.4 Å². The molecular weight excluding hydrogens is 508 g/mol. The van der Waals surface area contributed by atoms with Crippen LogP contribution in [-0.4, -0.2) is 34.9 Å². The molecule has 7 heteroatoms. The largest absolute Gasteiger partial charge is 0.508 e. The first-order valence-electron chi connectivity index (χ1n) is 13.0. The number of benzene rings is 4. The molecule has 6 nitrogen and oxygen atoms in total. The fourth-order valence-corrected chi connectivity index (χ4v) is 4.70. The van der Waals surface area contributed by atoms with Gasteiger partial charge in [-0.1, -0.05) is 84.9 Å². The van der Waals surface area contributed by atoms with Crippen LogP contribution in [0.2, 0.25) is 0 Å². The third-order valence-electron chi connectivity index (χ3n) is 6.76. The first-order chi connectivity index (χ1) is 18.6. The van der Waals surface area contributed by atoms with Gasteiger partial charge in [0, 0.05) is 12.1 Å². The lowest BCUT2D eigenvalue weighted by Crippen LogP contribution is -2.40. The zero-order valence-corrected chi connectivity index (χ0v) is 22.6. The number of nitrogens with zero attached hydrogens (tertiary/aromatic N) is 3. The molecule has 0 aliphatic carbocycles. The number of aryl methyl sites for hydroxylation is 1. The molecule has 0 bridgehead atoms. The van der Waals surface area contributed by atoms with Crippen molar-refractivity contribution in [3.05, 3.63) is 120 Å². The van der Waals surface area contributed by atoms with Crippen molar-refractivity contribution in [1.82, 2.24) is 5.01 Å². The summed E-state index contributed by atoms with van der Waals surface area (Å²) in [6.45, 7) is 1.37. The van der Waals surface area contributed by atoms with Crippen LogP contribution in [0.4, 0.5) is 10.5 Å². The highest BCUT2D eigenvalue weighted by atomic mass is 35.5. The predicted octanol–water partition coefficient (Wildman–Crippen LogP) is 6.61. The maximum atomic E-state index is 13.8. The van der Waals surface area contributed by atoms with Crippen molar-refractivity contribution in [1.29, 1.82) is 0 Å². The lowest BCUT2D eigenvalue weighted by molar-refractivity contribution is 0.206. The van der Waals surface area contributed by atoms with Crippen molar-refractivity contribution >= 4 is 29.8 Å². The summed E-state index contributed by atoms with van der Waals surface area (Å²) in [4.78, 5) is 15.7. The number of amides is 2. The van der Waals surface area contributed by atoms with Crippen LogP contribution in [-0.2, 0) is 13.0 Å². The molecule has 1 heterocycles. The number of urea groups is 1. The van der Waals surface area contributed by atoms with E-state index in [0.29, 0.717) is 32.5 Å². The number of phenols is 1. The van der Waals surface area contributed by atoms with Crippen LogP contribution >= 0.6 is 12.4 Å². The Hall–Kier alpha value is -4.13. The van der Waals surface area contributed by atoms with Gasteiger partial charge in [0.25, 0.3) is 0 Å². The first kappa shape index (κ1) is 27.9. The summed E-state index contributed by atoms with van der Waals surface area (Å²) in [5.41, 5.74) is 12.9. The Morgan fingerprint density at radius 2 is 1.38 bits per heavy atom. The Balaban J connectivity index is 0.00000353. The maximum Gasteiger partial charge on any atom is 0.345 e. The van der Waals surface area contributed by atoms with E-state index in [1.54, 1.807) is 17.1 Å². The van der Waals surface area contributed by atoms with Crippen LogP contribution in [0.15, 0.2) is 108 Å². The number of carbonyl (C=O) groups excluding carboxylic acids is 1. The van der Waals surface area contributed by atoms with E-state index < -0.39 is 0 Å². The summed E-state index contributed by atoms with van der Waals surface area (Å²) >= 11 is 0. The van der Waals surface area contributed by atoms with Gasteiger partial charge in [-0.25, -0.2) is 9.80 Å². The van der Waals surface area contributed by atoms with Gasteiger partial charge >= 0.3 is 6.03 Å². The number of nitrogens with two attached hydrogens (primary N) is 1. The van der Waals surface area contributed by atoms with Crippen molar-refractivity contribution in [2.75, 3.05) is 18.0 Å². The fraction of sp³-hybridized carbons (Fsp3) is 0.188. The van der Waals surface area contributed by atoms with E-state index in [-0.39, 0.29) is 24.2 Å². The smallest absolute Gasteiger partial charge is 0.345 e. The third kappa shape index (κ3) is 6.66. The molecule has 3 N–H and O–H groups in total. The highest BCUT2D eigenvalue weighted by Gasteiger charge is 2.29. The standard InChI is InChI=1S/C32H32N4O2.ClH/c33-21-6-22-36-32(38)35(23-25-11-16-27(17-12-25)26-7-2-1-3-8-26)31-10-5-4-9-29(31)30(34-36)20-15-24-13-18-28(37)19-14-24;/h1-5,7-14,16-19,37H,6,15,20-23,33H2;1H. The second-order valence-corrected chi connectivity index (χ2v) is 9.43. The summed E-state index contributed by atoms with van der Waals surface area (Å²) in [6, 6.07) is 33.7. The van der Waals surface area contributed by atoms with E-state index in [0.717, 1.165) is 45.6 Å². The van der Waals surface area contributed by atoms with E-state index in [1.807, 2.05) is 59.5 Å². The van der Waals surface area contributed by atoms with Crippen molar-refractivity contribution in [2.24, 2.45) is 10.8 Å². The molecular formula is C32H33ClN4O2. The number of rotatable bonds is 9. The van der Waals surface area contributed by atoms with Crippen molar-refractivity contribution in [3.8, 4) is 16.9 Å². The number of halogens is 1. The molecule has 0 fully saturated rings. The maximum absolute atomic E-state index is 13.8. The summed E-state index contributed by atoms with van der Waals surface area (Å²) in [5.74, 6) is 0.247. The normalized spacial score (nSPS) is 12.8. The summed E-state index contributed by atoms with van der Waals surface area (Å²) in [7, 11) is 0. The van der Waals surface area contributed by atoms with Gasteiger partial charge in [-0.05, 0) is 66.3 Å². The number of para-hydroxylation sites is 1. The summed E-state index contributed by atoms with van der Waals surface area (Å²) in [5, 5.41) is 16.1.